The Balaban J connectivity index is 5.47. The van der Waals surface area contributed by atoms with Crippen molar-refractivity contribution in [2.75, 3.05) is 39.6 Å². The van der Waals surface area contributed by atoms with Crippen molar-refractivity contribution in [3.05, 3.63) is 158 Å². The van der Waals surface area contributed by atoms with Gasteiger partial charge in [-0.1, -0.05) is 276 Å². The maximum atomic E-state index is 13.1. The molecule has 0 amide bonds. The van der Waals surface area contributed by atoms with Gasteiger partial charge in [0.1, 0.15) is 19.3 Å². The van der Waals surface area contributed by atoms with E-state index < -0.39 is 97.5 Å². The Kier molecular flexibility index (Phi) is 73.9. The van der Waals surface area contributed by atoms with Gasteiger partial charge in [-0.3, -0.25) is 37.3 Å². The number of allylic oxidation sites excluding steroid dienone is 26. The molecule has 2 unspecified atom stereocenters. The summed E-state index contributed by atoms with van der Waals surface area (Å²) in [5.41, 5.74) is 0. The summed E-state index contributed by atoms with van der Waals surface area (Å²) in [7, 11) is -10.0. The Labute approximate surface area is 642 Å². The molecule has 0 radical (unpaired) electrons. The predicted octanol–water partition coefficient (Wildman–Crippen LogP) is 24.0. The molecule has 0 spiro atoms. The average molecular weight is 1520 g/mol. The molecular weight excluding hydrogens is 1380 g/mol. The van der Waals surface area contributed by atoms with E-state index in [9.17, 15) is 43.2 Å². The molecule has 0 rings (SSSR count). The summed E-state index contributed by atoms with van der Waals surface area (Å²) in [6, 6.07) is 0. The van der Waals surface area contributed by atoms with Crippen LogP contribution in [-0.2, 0) is 65.4 Å². The van der Waals surface area contributed by atoms with Gasteiger partial charge < -0.3 is 33.8 Å². The normalized spacial score (nSPS) is 14.7. The van der Waals surface area contributed by atoms with Crippen molar-refractivity contribution in [2.45, 2.75) is 329 Å². The number of esters is 4. The van der Waals surface area contributed by atoms with Gasteiger partial charge in [0.15, 0.2) is 12.2 Å². The first-order valence-electron chi connectivity index (χ1n) is 40.7. The molecule has 0 aliphatic heterocycles. The summed E-state index contributed by atoms with van der Waals surface area (Å²) in [4.78, 5) is 73.0. The fraction of sp³-hybridized carbons (Fsp3) is 0.655. The van der Waals surface area contributed by atoms with Crippen molar-refractivity contribution in [3.8, 4) is 0 Å². The lowest BCUT2D eigenvalue weighted by atomic mass is 10.1. The minimum Gasteiger partial charge on any atom is -0.462 e. The van der Waals surface area contributed by atoms with Crippen molar-refractivity contribution in [1.29, 1.82) is 0 Å². The molecule has 0 saturated carbocycles. The quantitative estimate of drug-likeness (QED) is 0.0169. The van der Waals surface area contributed by atoms with Crippen LogP contribution in [-0.4, -0.2) is 96.7 Å². The minimum absolute atomic E-state index is 0.0318. The first-order valence-corrected chi connectivity index (χ1v) is 43.7. The molecule has 0 aromatic carbocycles. The van der Waals surface area contributed by atoms with Crippen LogP contribution in [0.15, 0.2) is 158 Å². The van der Waals surface area contributed by atoms with Crippen LogP contribution in [0.25, 0.3) is 0 Å². The molecule has 0 fully saturated rings. The Hall–Kier alpha value is -5.32. The van der Waals surface area contributed by atoms with Crippen LogP contribution < -0.4 is 0 Å². The van der Waals surface area contributed by atoms with Gasteiger partial charge in [0, 0.05) is 25.7 Å². The van der Waals surface area contributed by atoms with E-state index >= 15 is 0 Å². The second-order valence-corrected chi connectivity index (χ2v) is 29.5. The lowest BCUT2D eigenvalue weighted by molar-refractivity contribution is -0.161. The van der Waals surface area contributed by atoms with Crippen LogP contribution in [0.5, 0.6) is 0 Å². The number of phosphoric acid groups is 2. The molecule has 0 heterocycles. The number of aliphatic hydroxyl groups excluding tert-OH is 1. The molecule has 604 valence electrons. The van der Waals surface area contributed by atoms with Crippen molar-refractivity contribution >= 4 is 39.5 Å². The number of rotatable bonds is 75. The Morgan fingerprint density at radius 2 is 0.509 bits per heavy atom. The second kappa shape index (κ2) is 77.8. The summed E-state index contributed by atoms with van der Waals surface area (Å²) < 4.78 is 68.5. The summed E-state index contributed by atoms with van der Waals surface area (Å²) >= 11 is 0. The first-order chi connectivity index (χ1) is 51.7. The zero-order valence-corrected chi connectivity index (χ0v) is 67.8. The van der Waals surface area contributed by atoms with Crippen molar-refractivity contribution in [2.24, 2.45) is 0 Å². The number of hydrogen-bond donors (Lipinski definition) is 3. The molecule has 106 heavy (non-hydrogen) atoms. The molecule has 3 N–H and O–H groups in total. The third kappa shape index (κ3) is 76.9. The van der Waals surface area contributed by atoms with E-state index in [0.29, 0.717) is 32.1 Å². The van der Waals surface area contributed by atoms with Gasteiger partial charge in [-0.2, -0.15) is 0 Å². The molecule has 5 atom stereocenters. The smallest absolute Gasteiger partial charge is 0.462 e. The van der Waals surface area contributed by atoms with Crippen LogP contribution in [0.3, 0.4) is 0 Å². The lowest BCUT2D eigenvalue weighted by Gasteiger charge is -2.21. The topological polar surface area (TPSA) is 237 Å². The number of carbonyl (C=O) groups is 4. The van der Waals surface area contributed by atoms with E-state index in [0.717, 1.165) is 161 Å². The van der Waals surface area contributed by atoms with E-state index in [1.165, 1.54) is 64.2 Å². The average Bonchev–Trinajstić information content (AvgIpc) is 0.933. The van der Waals surface area contributed by atoms with Gasteiger partial charge >= 0.3 is 39.5 Å². The molecule has 0 aliphatic rings. The largest absolute Gasteiger partial charge is 0.472 e. The molecule has 17 nitrogen and oxygen atoms in total. The lowest BCUT2D eigenvalue weighted by Crippen LogP contribution is -2.30. The summed E-state index contributed by atoms with van der Waals surface area (Å²) in [5.74, 6) is -2.34. The molecular formula is C87H144O17P2. The molecule has 0 aromatic rings. The Bertz CT molecular complexity index is 2630. The highest BCUT2D eigenvalue weighted by molar-refractivity contribution is 7.47. The number of hydrogen-bond acceptors (Lipinski definition) is 15. The molecule has 0 bridgehead atoms. The second-order valence-electron chi connectivity index (χ2n) is 26.6. The maximum Gasteiger partial charge on any atom is 0.472 e. The molecule has 0 aromatic heterocycles. The Morgan fingerprint density at radius 1 is 0.274 bits per heavy atom. The van der Waals surface area contributed by atoms with Crippen LogP contribution >= 0.6 is 15.6 Å². The standard InChI is InChI=1S/C87H144O17P2/c1-5-9-13-17-21-25-29-33-36-38-40-42-45-48-51-55-59-63-67-71-84(89)97-77-82(103-86(91)73-69-65-61-57-53-47-32-28-24-20-16-12-8-4)79-101-105(93,94)99-75-81(88)76-100-106(95,96)102-80-83(104-87(92)74-70-66-62-58-54-50-44-35-31-27-23-19-15-11-7-3)78-98-85(90)72-68-64-60-56-52-49-46-43-41-39-37-34-30-26-22-18-14-10-6-2/h10,14,21-23,25-28,32-37,40-44,48-49,51-52,59,63,81-83,88H,5-9,11-13,15-20,24,29-31,38-39,45-47,50,53-58,60-62,64-80H2,1-4H3,(H,93,94)(H,95,96)/b14-10-,25-21-,26-22-,27-23-,32-28-,36-33-,37-34-,42-40-,43-41-,44-35-,51-48-,52-49-,63-59-/t81-,82+,83+/m0/s1. The zero-order chi connectivity index (χ0) is 77.4. The van der Waals surface area contributed by atoms with Crippen LogP contribution in [0, 0.1) is 0 Å². The van der Waals surface area contributed by atoms with Gasteiger partial charge in [-0.25, -0.2) is 9.13 Å². The number of unbranched alkanes of at least 4 members (excludes halogenated alkanes) is 23. The number of carbonyl (C=O) groups excluding carboxylic acids is 4. The van der Waals surface area contributed by atoms with Gasteiger partial charge in [0.25, 0.3) is 0 Å². The van der Waals surface area contributed by atoms with Crippen molar-refractivity contribution in [3.63, 3.8) is 0 Å². The highest BCUT2D eigenvalue weighted by Crippen LogP contribution is 2.45. The van der Waals surface area contributed by atoms with E-state index in [2.05, 4.69) is 174 Å². The monoisotopic (exact) mass is 1520 g/mol. The third-order valence-corrected chi connectivity index (χ3v) is 18.4. The summed E-state index contributed by atoms with van der Waals surface area (Å²) in [5, 5.41) is 10.6. The van der Waals surface area contributed by atoms with E-state index in [1.54, 1.807) is 0 Å². The van der Waals surface area contributed by atoms with Crippen molar-refractivity contribution in [1.82, 2.24) is 0 Å². The van der Waals surface area contributed by atoms with Gasteiger partial charge in [-0.05, 0) is 167 Å². The highest BCUT2D eigenvalue weighted by Gasteiger charge is 2.30. The van der Waals surface area contributed by atoms with Crippen LogP contribution in [0.1, 0.15) is 310 Å². The van der Waals surface area contributed by atoms with E-state index in [1.807, 2.05) is 12.2 Å². The predicted molar refractivity (Wildman–Crippen MR) is 436 cm³/mol. The molecule has 19 heteroatoms. The third-order valence-electron chi connectivity index (χ3n) is 16.5. The number of ether oxygens (including phenoxy) is 4. The summed E-state index contributed by atoms with van der Waals surface area (Å²) in [6.07, 6.45) is 90.9. The Morgan fingerprint density at radius 3 is 0.849 bits per heavy atom. The van der Waals surface area contributed by atoms with Crippen molar-refractivity contribution < 1.29 is 80.2 Å². The SMILES string of the molecule is CC/C=C\C/C=C\C/C=C\C/C=C\C/C=C\CCCCCC(=O)OC[C@H](COP(=O)(O)OC[C@@H](O)COP(=O)(O)OC[C@@H](COC(=O)CC/C=C\C/C=C\C/C=C\C/C=C\C/C=C\CCCCC)OC(=O)CCCCCCC/C=C\CCCCCC)OC(=O)CCCCCCC/C=C\C/C=C\CCCCC. The highest BCUT2D eigenvalue weighted by atomic mass is 31.2. The number of aliphatic hydroxyl groups is 1. The van der Waals surface area contributed by atoms with Gasteiger partial charge in [0.05, 0.1) is 26.4 Å². The van der Waals surface area contributed by atoms with E-state index in [4.69, 9.17) is 37.0 Å². The summed E-state index contributed by atoms with van der Waals surface area (Å²) in [6.45, 7) is 4.54. The van der Waals surface area contributed by atoms with Crippen LogP contribution in [0.2, 0.25) is 0 Å². The molecule has 0 aliphatic carbocycles. The fourth-order valence-electron chi connectivity index (χ4n) is 10.3. The molecule has 0 saturated heterocycles. The first kappa shape index (κ1) is 101. The minimum atomic E-state index is -5.00. The van der Waals surface area contributed by atoms with Crippen LogP contribution in [0.4, 0.5) is 0 Å². The number of phosphoric ester groups is 2. The van der Waals surface area contributed by atoms with Gasteiger partial charge in [0.2, 0.25) is 0 Å². The van der Waals surface area contributed by atoms with E-state index in [-0.39, 0.29) is 25.7 Å². The fourth-order valence-corrected chi connectivity index (χ4v) is 11.8. The zero-order valence-electron chi connectivity index (χ0n) is 66.1. The van der Waals surface area contributed by atoms with Gasteiger partial charge in [-0.15, -0.1) is 0 Å². The maximum absolute atomic E-state index is 13.1.